The van der Waals surface area contributed by atoms with Crippen LogP contribution in [0.3, 0.4) is 0 Å². The van der Waals surface area contributed by atoms with Crippen LogP contribution in [0.2, 0.25) is 0 Å². The molecule has 0 aromatic heterocycles. The van der Waals surface area contributed by atoms with E-state index >= 15 is 0 Å². The molecule has 11 heteroatoms. The van der Waals surface area contributed by atoms with E-state index < -0.39 is 61.3 Å². The Bertz CT molecular complexity index is 1150. The van der Waals surface area contributed by atoms with Crippen molar-refractivity contribution in [3.63, 3.8) is 0 Å². The van der Waals surface area contributed by atoms with E-state index in [4.69, 9.17) is 18.9 Å². The van der Waals surface area contributed by atoms with Crippen LogP contribution in [0.4, 0.5) is 0 Å². The summed E-state index contributed by atoms with van der Waals surface area (Å²) >= 11 is 0. The molecule has 58 heavy (non-hydrogen) atoms. The maximum absolute atomic E-state index is 12.8. The molecule has 4 N–H and O–H groups in total. The molecule has 1 aliphatic heterocycles. The SMILES string of the molecule is CCCCCC/C=C\C/C=C\CCCCCCCC(=O)OCC(COC1OC(C(=O)O)C(O)C(O)C1O)OC(=O)CCCCCCC/C=C\C/C=C\CCCCCC. The smallest absolute Gasteiger partial charge is 0.335 e. The van der Waals surface area contributed by atoms with Gasteiger partial charge in [-0.3, -0.25) is 9.59 Å². The predicted molar refractivity (Wildman–Crippen MR) is 229 cm³/mol. The molecule has 1 fully saturated rings. The number of ether oxygens (including phenoxy) is 4. The number of rotatable bonds is 37. The quantitative estimate of drug-likeness (QED) is 0.0267. The molecular weight excluding hydrogens is 741 g/mol. The molecule has 1 rings (SSSR count). The van der Waals surface area contributed by atoms with Crippen molar-refractivity contribution in [2.24, 2.45) is 0 Å². The molecule has 11 nitrogen and oxygen atoms in total. The number of esters is 2. The van der Waals surface area contributed by atoms with E-state index in [1.807, 2.05) is 0 Å². The summed E-state index contributed by atoms with van der Waals surface area (Å²) in [5.74, 6) is -2.48. The third-order valence-electron chi connectivity index (χ3n) is 10.2. The lowest BCUT2D eigenvalue weighted by molar-refractivity contribution is -0.298. The summed E-state index contributed by atoms with van der Waals surface area (Å²) in [6.45, 7) is 3.75. The number of hydrogen-bond donors (Lipinski definition) is 4. The molecule has 0 aromatic carbocycles. The van der Waals surface area contributed by atoms with Crippen molar-refractivity contribution in [3.05, 3.63) is 48.6 Å². The van der Waals surface area contributed by atoms with Crippen molar-refractivity contribution < 1.29 is 53.8 Å². The number of unbranched alkanes of at least 4 members (excludes halogenated alkanes) is 18. The Hall–Kier alpha value is -2.83. The van der Waals surface area contributed by atoms with Gasteiger partial charge in [0.05, 0.1) is 6.61 Å². The van der Waals surface area contributed by atoms with Crippen LogP contribution in [0.1, 0.15) is 181 Å². The lowest BCUT2D eigenvalue weighted by atomic mass is 9.99. The monoisotopic (exact) mass is 821 g/mol. The largest absolute Gasteiger partial charge is 0.479 e. The van der Waals surface area contributed by atoms with Gasteiger partial charge >= 0.3 is 17.9 Å². The van der Waals surface area contributed by atoms with E-state index in [0.29, 0.717) is 12.8 Å². The predicted octanol–water partition coefficient (Wildman–Crippen LogP) is 9.76. The normalized spacial score (nSPS) is 20.5. The van der Waals surface area contributed by atoms with Gasteiger partial charge < -0.3 is 39.4 Å². The van der Waals surface area contributed by atoms with Crippen LogP contribution in [0, 0.1) is 0 Å². The first-order valence-corrected chi connectivity index (χ1v) is 22.7. The van der Waals surface area contributed by atoms with E-state index in [-0.39, 0.29) is 19.4 Å². The number of aliphatic hydroxyl groups is 3. The maximum Gasteiger partial charge on any atom is 0.335 e. The van der Waals surface area contributed by atoms with Gasteiger partial charge in [-0.1, -0.05) is 140 Å². The molecular formula is C47H80O11. The number of carbonyl (C=O) groups is 3. The summed E-state index contributed by atoms with van der Waals surface area (Å²) in [6.07, 6.45) is 34.4. The second-order valence-corrected chi connectivity index (χ2v) is 15.5. The molecule has 6 unspecified atom stereocenters. The number of carboxylic acids is 1. The zero-order valence-corrected chi connectivity index (χ0v) is 36.0. The fourth-order valence-corrected chi connectivity index (χ4v) is 6.53. The van der Waals surface area contributed by atoms with Crippen molar-refractivity contribution >= 4 is 17.9 Å². The summed E-state index contributed by atoms with van der Waals surface area (Å²) in [7, 11) is 0. The van der Waals surface area contributed by atoms with Crippen molar-refractivity contribution in [1.82, 2.24) is 0 Å². The molecule has 0 aromatic rings. The van der Waals surface area contributed by atoms with Gasteiger partial charge in [0.15, 0.2) is 18.5 Å². The van der Waals surface area contributed by atoms with Crippen LogP contribution in [-0.2, 0) is 33.3 Å². The summed E-state index contributed by atoms with van der Waals surface area (Å²) < 4.78 is 21.7. The Morgan fingerprint density at radius 2 is 0.966 bits per heavy atom. The molecule has 0 amide bonds. The van der Waals surface area contributed by atoms with Crippen LogP contribution < -0.4 is 0 Å². The number of aliphatic hydroxyl groups excluding tert-OH is 3. The van der Waals surface area contributed by atoms with E-state index in [2.05, 4.69) is 62.5 Å². The van der Waals surface area contributed by atoms with E-state index in [1.54, 1.807) is 0 Å². The van der Waals surface area contributed by atoms with Gasteiger partial charge in [-0.25, -0.2) is 4.79 Å². The highest BCUT2D eigenvalue weighted by molar-refractivity contribution is 5.73. The highest BCUT2D eigenvalue weighted by atomic mass is 16.7. The van der Waals surface area contributed by atoms with Crippen LogP contribution in [0.15, 0.2) is 48.6 Å². The van der Waals surface area contributed by atoms with Crippen LogP contribution in [-0.4, -0.2) is 88.4 Å². The van der Waals surface area contributed by atoms with Gasteiger partial charge in [-0.15, -0.1) is 0 Å². The molecule has 1 saturated heterocycles. The highest BCUT2D eigenvalue weighted by Crippen LogP contribution is 2.23. The Kier molecular flexibility index (Phi) is 34.1. The van der Waals surface area contributed by atoms with Crippen molar-refractivity contribution in [1.29, 1.82) is 0 Å². The lowest BCUT2D eigenvalue weighted by Crippen LogP contribution is -2.60. The maximum atomic E-state index is 12.8. The molecule has 334 valence electrons. The molecule has 6 atom stereocenters. The van der Waals surface area contributed by atoms with Gasteiger partial charge in [0.2, 0.25) is 0 Å². The van der Waals surface area contributed by atoms with Gasteiger partial charge in [-0.05, 0) is 77.0 Å². The molecule has 1 aliphatic rings. The summed E-state index contributed by atoms with van der Waals surface area (Å²) in [5, 5.41) is 39.8. The highest BCUT2D eigenvalue weighted by Gasteiger charge is 2.47. The van der Waals surface area contributed by atoms with Gasteiger partial charge in [0.1, 0.15) is 24.9 Å². The third-order valence-corrected chi connectivity index (χ3v) is 10.2. The Labute approximate surface area is 350 Å². The molecule has 0 radical (unpaired) electrons. The molecule has 0 bridgehead atoms. The van der Waals surface area contributed by atoms with Crippen molar-refractivity contribution in [3.8, 4) is 0 Å². The minimum atomic E-state index is -1.87. The second-order valence-electron chi connectivity index (χ2n) is 15.5. The van der Waals surface area contributed by atoms with Crippen LogP contribution in [0.25, 0.3) is 0 Å². The van der Waals surface area contributed by atoms with E-state index in [9.17, 15) is 34.8 Å². The standard InChI is InChI=1S/C47H80O11/c1-3-5-7-9-11-13-15-17-19-21-23-25-27-29-31-33-35-40(48)55-37-39(38-56-47-44(52)42(50)43(51)45(58-47)46(53)54)57-41(49)36-34-32-30-28-26-24-22-20-18-16-14-12-10-8-6-4-2/h13-16,19-22,39,42-45,47,50-52H,3-12,17-18,23-38H2,1-2H3,(H,53,54)/b15-13-,16-14-,21-19-,22-20-. The van der Waals surface area contributed by atoms with Crippen molar-refractivity contribution in [2.45, 2.75) is 218 Å². The zero-order chi connectivity index (χ0) is 42.5. The third kappa shape index (κ3) is 28.6. The number of carbonyl (C=O) groups excluding carboxylic acids is 2. The number of aliphatic carboxylic acids is 1. The summed E-state index contributed by atoms with van der Waals surface area (Å²) in [6, 6.07) is 0. The van der Waals surface area contributed by atoms with Gasteiger partial charge in [-0.2, -0.15) is 0 Å². The van der Waals surface area contributed by atoms with E-state index in [1.165, 1.54) is 51.4 Å². The first kappa shape index (κ1) is 53.2. The van der Waals surface area contributed by atoms with E-state index in [0.717, 1.165) is 89.9 Å². The number of carboxylic acid groups (broad SMARTS) is 1. The Balaban J connectivity index is 2.40. The van der Waals surface area contributed by atoms with Crippen LogP contribution in [0.5, 0.6) is 0 Å². The minimum Gasteiger partial charge on any atom is -0.479 e. The topological polar surface area (TPSA) is 169 Å². The van der Waals surface area contributed by atoms with Gasteiger partial charge in [0, 0.05) is 12.8 Å². The van der Waals surface area contributed by atoms with Gasteiger partial charge in [0.25, 0.3) is 0 Å². The summed E-state index contributed by atoms with van der Waals surface area (Å²) in [5.41, 5.74) is 0. The first-order valence-electron chi connectivity index (χ1n) is 22.7. The second kappa shape index (κ2) is 37.2. The number of hydrogen-bond acceptors (Lipinski definition) is 10. The Morgan fingerprint density at radius 3 is 1.43 bits per heavy atom. The molecule has 0 aliphatic carbocycles. The summed E-state index contributed by atoms with van der Waals surface area (Å²) in [4.78, 5) is 36.8. The molecule has 1 heterocycles. The average Bonchev–Trinajstić information content (AvgIpc) is 3.21. The fourth-order valence-electron chi connectivity index (χ4n) is 6.53. The minimum absolute atomic E-state index is 0.162. The van der Waals surface area contributed by atoms with Crippen molar-refractivity contribution in [2.75, 3.05) is 13.2 Å². The fraction of sp³-hybridized carbons (Fsp3) is 0.766. The first-order chi connectivity index (χ1) is 28.2. The molecule has 0 saturated carbocycles. The average molecular weight is 821 g/mol. The zero-order valence-electron chi connectivity index (χ0n) is 36.0. The molecule has 0 spiro atoms. The number of allylic oxidation sites excluding steroid dienone is 8. The lowest BCUT2D eigenvalue weighted by Gasteiger charge is -2.38. The Morgan fingerprint density at radius 1 is 0.534 bits per heavy atom. The van der Waals surface area contributed by atoms with Crippen LogP contribution >= 0.6 is 0 Å².